The van der Waals surface area contributed by atoms with Crippen molar-refractivity contribution < 1.29 is 14.6 Å². The van der Waals surface area contributed by atoms with E-state index < -0.39 is 5.91 Å². The van der Waals surface area contributed by atoms with Gasteiger partial charge >= 0.3 is 5.91 Å². The van der Waals surface area contributed by atoms with E-state index in [1.807, 2.05) is 31.2 Å². The van der Waals surface area contributed by atoms with Gasteiger partial charge in [0.2, 0.25) is 5.88 Å². The molecule has 0 bridgehead atoms. The molecule has 3 aromatic rings. The van der Waals surface area contributed by atoms with Gasteiger partial charge in [0.25, 0.3) is 0 Å². The number of azo groups is 1. The van der Waals surface area contributed by atoms with E-state index >= 15 is 0 Å². The Balaban J connectivity index is 1.78. The van der Waals surface area contributed by atoms with Crippen LogP contribution in [0.15, 0.2) is 58.8 Å². The van der Waals surface area contributed by atoms with Gasteiger partial charge in [0.15, 0.2) is 12.3 Å². The third-order valence-electron chi connectivity index (χ3n) is 3.68. The normalized spacial score (nSPS) is 11.3. The smallest absolute Gasteiger partial charge is 0.302 e. The molecule has 2 aromatic carbocycles. The number of amides is 1. The van der Waals surface area contributed by atoms with E-state index in [0.717, 1.165) is 10.9 Å². The molecular formula is C18H16ClN3O3. The molecule has 6 nitrogen and oxygen atoms in total. The van der Waals surface area contributed by atoms with Crippen molar-refractivity contribution in [2.75, 3.05) is 6.61 Å². The molecule has 1 amide bonds. The van der Waals surface area contributed by atoms with E-state index in [1.54, 1.807) is 28.8 Å². The van der Waals surface area contributed by atoms with Gasteiger partial charge in [-0.3, -0.25) is 4.79 Å². The van der Waals surface area contributed by atoms with Crippen LogP contribution in [0.5, 0.6) is 11.6 Å². The molecule has 0 aliphatic rings. The van der Waals surface area contributed by atoms with Gasteiger partial charge < -0.3 is 14.4 Å². The summed E-state index contributed by atoms with van der Waals surface area (Å²) in [5, 5.41) is 19.0. The summed E-state index contributed by atoms with van der Waals surface area (Å²) in [6.45, 7) is 2.20. The van der Waals surface area contributed by atoms with Crippen LogP contribution in [0.2, 0.25) is 5.02 Å². The molecule has 7 heteroatoms. The lowest BCUT2D eigenvalue weighted by Gasteiger charge is -2.04. The highest BCUT2D eigenvalue weighted by Gasteiger charge is 2.15. The maximum Gasteiger partial charge on any atom is 0.302 e. The monoisotopic (exact) mass is 357 g/mol. The van der Waals surface area contributed by atoms with Crippen molar-refractivity contribution in [3.63, 3.8) is 0 Å². The predicted octanol–water partition coefficient (Wildman–Crippen LogP) is 4.71. The molecule has 0 atom stereocenters. The number of hydrogen-bond acceptors (Lipinski definition) is 4. The molecule has 0 aliphatic heterocycles. The lowest BCUT2D eigenvalue weighted by atomic mass is 10.2. The van der Waals surface area contributed by atoms with Crippen LogP contribution in [0.4, 0.5) is 5.69 Å². The minimum absolute atomic E-state index is 0.0210. The molecule has 128 valence electrons. The topological polar surface area (TPSA) is 76.2 Å². The minimum Gasteiger partial charge on any atom is -0.493 e. The number of aromatic hydroxyl groups is 1. The van der Waals surface area contributed by atoms with Gasteiger partial charge in [-0.15, -0.1) is 10.2 Å². The molecule has 1 aromatic heterocycles. The Labute approximate surface area is 149 Å². The van der Waals surface area contributed by atoms with Gasteiger partial charge in [0, 0.05) is 11.9 Å². The SMILES string of the molecule is CCn1c(O)c(N=NC(=O)COc2ccccc2Cl)c2ccccc21. The maximum absolute atomic E-state index is 11.9. The molecular weight excluding hydrogens is 342 g/mol. The Morgan fingerprint density at radius 3 is 2.68 bits per heavy atom. The number of para-hydroxylation sites is 2. The van der Waals surface area contributed by atoms with Crippen LogP contribution in [0.1, 0.15) is 6.92 Å². The summed E-state index contributed by atoms with van der Waals surface area (Å²) < 4.78 is 7.03. The van der Waals surface area contributed by atoms with Gasteiger partial charge in [0.05, 0.1) is 10.5 Å². The molecule has 1 N–H and O–H groups in total. The van der Waals surface area contributed by atoms with Crippen molar-refractivity contribution >= 4 is 34.1 Å². The van der Waals surface area contributed by atoms with Crippen LogP contribution in [0.25, 0.3) is 10.9 Å². The van der Waals surface area contributed by atoms with E-state index in [0.29, 0.717) is 17.3 Å². The maximum atomic E-state index is 11.9. The van der Waals surface area contributed by atoms with E-state index in [-0.39, 0.29) is 18.2 Å². The second kappa shape index (κ2) is 7.36. The fraction of sp³-hybridized carbons (Fsp3) is 0.167. The highest BCUT2D eigenvalue weighted by Crippen LogP contribution is 2.38. The molecule has 25 heavy (non-hydrogen) atoms. The van der Waals surface area contributed by atoms with Gasteiger partial charge in [-0.2, -0.15) is 0 Å². The first-order valence-corrected chi connectivity index (χ1v) is 8.11. The number of aryl methyl sites for hydroxylation is 1. The molecule has 0 spiro atoms. The molecule has 0 fully saturated rings. The highest BCUT2D eigenvalue weighted by atomic mass is 35.5. The minimum atomic E-state index is -0.576. The zero-order valence-corrected chi connectivity index (χ0v) is 14.3. The Kier molecular flexibility index (Phi) is 5.00. The van der Waals surface area contributed by atoms with Crippen LogP contribution in [0, 0.1) is 0 Å². The lowest BCUT2D eigenvalue weighted by Crippen LogP contribution is -2.08. The number of carbonyl (C=O) groups is 1. The number of fused-ring (bicyclic) bond motifs is 1. The zero-order valence-electron chi connectivity index (χ0n) is 13.5. The summed E-state index contributed by atoms with van der Waals surface area (Å²) in [6.07, 6.45) is 0. The Morgan fingerprint density at radius 1 is 1.20 bits per heavy atom. The Hall–Kier alpha value is -2.86. The first-order valence-electron chi connectivity index (χ1n) is 7.74. The number of rotatable bonds is 5. The van der Waals surface area contributed by atoms with E-state index in [4.69, 9.17) is 16.3 Å². The average Bonchev–Trinajstić information content (AvgIpc) is 2.90. The van der Waals surface area contributed by atoms with Crippen LogP contribution < -0.4 is 4.74 Å². The van der Waals surface area contributed by atoms with Gasteiger partial charge in [0.1, 0.15) is 5.75 Å². The standard InChI is InChI=1S/C18H16ClN3O3/c1-2-22-14-9-5-3-7-12(14)17(18(22)24)21-20-16(23)11-25-15-10-6-4-8-13(15)19/h3-10,24H,2,11H2,1H3. The van der Waals surface area contributed by atoms with Crippen molar-refractivity contribution in [1.29, 1.82) is 0 Å². The fourth-order valence-electron chi connectivity index (χ4n) is 2.53. The predicted molar refractivity (Wildman–Crippen MR) is 95.7 cm³/mol. The molecule has 3 rings (SSSR count). The van der Waals surface area contributed by atoms with Gasteiger partial charge in [-0.1, -0.05) is 41.9 Å². The summed E-state index contributed by atoms with van der Waals surface area (Å²) in [7, 11) is 0. The number of benzene rings is 2. The highest BCUT2D eigenvalue weighted by molar-refractivity contribution is 6.32. The average molecular weight is 358 g/mol. The molecule has 0 aliphatic carbocycles. The first kappa shape index (κ1) is 17.0. The summed E-state index contributed by atoms with van der Waals surface area (Å²) in [5.74, 6) is -0.196. The van der Waals surface area contributed by atoms with Crippen LogP contribution >= 0.6 is 11.6 Å². The summed E-state index contributed by atoms with van der Waals surface area (Å²) in [5.41, 5.74) is 1.10. The van der Waals surface area contributed by atoms with Gasteiger partial charge in [-0.05, 0) is 25.1 Å². The first-order chi connectivity index (χ1) is 12.1. The third-order valence-corrected chi connectivity index (χ3v) is 4.00. The quantitative estimate of drug-likeness (QED) is 0.672. The largest absolute Gasteiger partial charge is 0.493 e. The molecule has 1 heterocycles. The molecule has 0 saturated carbocycles. The van der Waals surface area contributed by atoms with Crippen molar-refractivity contribution in [1.82, 2.24) is 4.57 Å². The lowest BCUT2D eigenvalue weighted by molar-refractivity contribution is -0.120. The van der Waals surface area contributed by atoms with E-state index in [2.05, 4.69) is 10.2 Å². The zero-order chi connectivity index (χ0) is 17.8. The number of nitrogens with zero attached hydrogens (tertiary/aromatic N) is 3. The Bertz CT molecular complexity index is 950. The fourth-order valence-corrected chi connectivity index (χ4v) is 2.72. The molecule has 0 radical (unpaired) electrons. The summed E-state index contributed by atoms with van der Waals surface area (Å²) in [6, 6.07) is 14.3. The van der Waals surface area contributed by atoms with Crippen molar-refractivity contribution in [3.05, 3.63) is 53.6 Å². The summed E-state index contributed by atoms with van der Waals surface area (Å²) in [4.78, 5) is 11.9. The number of hydrogen-bond donors (Lipinski definition) is 1. The van der Waals surface area contributed by atoms with Crippen molar-refractivity contribution in [2.45, 2.75) is 13.5 Å². The molecule has 0 unspecified atom stereocenters. The summed E-state index contributed by atoms with van der Waals surface area (Å²) >= 11 is 5.96. The van der Waals surface area contributed by atoms with E-state index in [1.165, 1.54) is 0 Å². The number of ether oxygens (including phenoxy) is 1. The van der Waals surface area contributed by atoms with Crippen molar-refractivity contribution in [3.8, 4) is 11.6 Å². The number of halogens is 1. The Morgan fingerprint density at radius 2 is 1.92 bits per heavy atom. The van der Waals surface area contributed by atoms with E-state index in [9.17, 15) is 9.90 Å². The third kappa shape index (κ3) is 3.49. The number of aromatic nitrogens is 1. The van der Waals surface area contributed by atoms with Crippen LogP contribution in [0.3, 0.4) is 0 Å². The second-order valence-corrected chi connectivity index (χ2v) is 5.65. The van der Waals surface area contributed by atoms with Crippen molar-refractivity contribution in [2.24, 2.45) is 10.2 Å². The van der Waals surface area contributed by atoms with Crippen LogP contribution in [-0.2, 0) is 11.3 Å². The molecule has 0 saturated heterocycles. The second-order valence-electron chi connectivity index (χ2n) is 5.25. The number of carbonyl (C=O) groups excluding carboxylic acids is 1. The van der Waals surface area contributed by atoms with Gasteiger partial charge in [-0.25, -0.2) is 0 Å². The van der Waals surface area contributed by atoms with Crippen LogP contribution in [-0.4, -0.2) is 22.2 Å².